The number of hydrogen-bond donors (Lipinski definition) is 3. The Bertz CT molecular complexity index is 349. The number of terminal acetylenes is 1. The minimum absolute atomic E-state index is 0.130. The van der Waals surface area contributed by atoms with Crippen LogP contribution in [0.5, 0.6) is 0 Å². The second kappa shape index (κ2) is 8.87. The van der Waals surface area contributed by atoms with E-state index in [2.05, 4.69) is 16.6 Å². The second-order valence-electron chi connectivity index (χ2n) is 3.46. The Kier molecular flexibility index (Phi) is 7.77. The fourth-order valence-corrected chi connectivity index (χ4v) is 1.07. The molecule has 3 N–H and O–H groups in total. The number of urea groups is 1. The molecule has 7 nitrogen and oxygen atoms in total. The molecule has 0 aliphatic carbocycles. The highest BCUT2D eigenvalue weighted by atomic mass is 16.4. The first-order chi connectivity index (χ1) is 8.51. The van der Waals surface area contributed by atoms with Gasteiger partial charge in [-0.2, -0.15) is 0 Å². The zero-order valence-corrected chi connectivity index (χ0v) is 10.2. The van der Waals surface area contributed by atoms with Gasteiger partial charge in [0.05, 0.1) is 13.1 Å². The van der Waals surface area contributed by atoms with Gasteiger partial charge in [0.2, 0.25) is 5.91 Å². The largest absolute Gasteiger partial charge is 0.480 e. The van der Waals surface area contributed by atoms with Crippen LogP contribution in [0.25, 0.3) is 0 Å². The molecule has 0 rings (SSSR count). The van der Waals surface area contributed by atoms with Crippen molar-refractivity contribution in [2.75, 3.05) is 26.2 Å². The van der Waals surface area contributed by atoms with E-state index in [0.717, 1.165) is 11.3 Å². The molecule has 0 saturated carbocycles. The highest BCUT2D eigenvalue weighted by Crippen LogP contribution is 1.88. The molecule has 0 spiro atoms. The molecule has 0 bridgehead atoms. The lowest BCUT2D eigenvalue weighted by molar-refractivity contribution is -0.137. The highest BCUT2D eigenvalue weighted by molar-refractivity contribution is 5.85. The molecule has 0 aliphatic rings. The first kappa shape index (κ1) is 15.8. The number of nitrogens with zero attached hydrogens (tertiary/aromatic N) is 1. The molecular weight excluding hydrogens is 238 g/mol. The molecule has 0 aromatic carbocycles. The summed E-state index contributed by atoms with van der Waals surface area (Å²) < 4.78 is 0. The zero-order chi connectivity index (χ0) is 14.0. The van der Waals surface area contributed by atoms with Gasteiger partial charge >= 0.3 is 12.0 Å². The predicted molar refractivity (Wildman–Crippen MR) is 64.7 cm³/mol. The average Bonchev–Trinajstić information content (AvgIpc) is 2.32. The Hall–Kier alpha value is -2.23. The van der Waals surface area contributed by atoms with E-state index in [1.54, 1.807) is 0 Å². The summed E-state index contributed by atoms with van der Waals surface area (Å²) in [4.78, 5) is 34.2. The molecule has 7 heteroatoms. The highest BCUT2D eigenvalue weighted by Gasteiger charge is 2.15. The quantitative estimate of drug-likeness (QED) is 0.521. The van der Waals surface area contributed by atoms with Gasteiger partial charge in [0.25, 0.3) is 0 Å². The number of carbonyl (C=O) groups excluding carboxylic acids is 2. The van der Waals surface area contributed by atoms with Crippen molar-refractivity contribution in [1.29, 1.82) is 0 Å². The Balaban J connectivity index is 4.14. The van der Waals surface area contributed by atoms with Gasteiger partial charge in [0, 0.05) is 6.54 Å². The fraction of sp³-hybridized carbons (Fsp3) is 0.545. The van der Waals surface area contributed by atoms with Crippen molar-refractivity contribution in [3.05, 3.63) is 0 Å². The minimum atomic E-state index is -1.17. The minimum Gasteiger partial charge on any atom is -0.480 e. The van der Waals surface area contributed by atoms with Crippen LogP contribution in [-0.4, -0.2) is 54.1 Å². The van der Waals surface area contributed by atoms with Crippen LogP contribution in [0.15, 0.2) is 0 Å². The van der Waals surface area contributed by atoms with Crippen LogP contribution in [0.4, 0.5) is 4.79 Å². The lowest BCUT2D eigenvalue weighted by Gasteiger charge is -2.18. The van der Waals surface area contributed by atoms with Crippen LogP contribution >= 0.6 is 0 Å². The SMILES string of the molecule is C#CCN(CC(=O)O)C(=O)NCC(=O)NCCC. The van der Waals surface area contributed by atoms with Gasteiger partial charge in [0.15, 0.2) is 0 Å². The number of nitrogens with one attached hydrogen (secondary N) is 2. The van der Waals surface area contributed by atoms with Crippen molar-refractivity contribution in [1.82, 2.24) is 15.5 Å². The van der Waals surface area contributed by atoms with Crippen LogP contribution < -0.4 is 10.6 Å². The van der Waals surface area contributed by atoms with E-state index in [1.165, 1.54) is 0 Å². The van der Waals surface area contributed by atoms with Crippen LogP contribution in [0.2, 0.25) is 0 Å². The third-order valence-electron chi connectivity index (χ3n) is 1.87. The van der Waals surface area contributed by atoms with Crippen LogP contribution in [0, 0.1) is 12.3 Å². The lowest BCUT2D eigenvalue weighted by atomic mass is 10.4. The first-order valence-corrected chi connectivity index (χ1v) is 5.46. The lowest BCUT2D eigenvalue weighted by Crippen LogP contribution is -2.46. The summed E-state index contributed by atoms with van der Waals surface area (Å²) in [5.41, 5.74) is 0. The monoisotopic (exact) mass is 255 g/mol. The summed E-state index contributed by atoms with van der Waals surface area (Å²) in [6, 6.07) is -0.679. The third kappa shape index (κ3) is 7.11. The predicted octanol–water partition coefficient (Wildman–Crippen LogP) is -0.758. The van der Waals surface area contributed by atoms with Gasteiger partial charge in [-0.15, -0.1) is 6.42 Å². The molecule has 0 unspecified atom stereocenters. The van der Waals surface area contributed by atoms with Crippen LogP contribution in [0.1, 0.15) is 13.3 Å². The van der Waals surface area contributed by atoms with Crippen molar-refractivity contribution >= 4 is 17.9 Å². The van der Waals surface area contributed by atoms with Crippen molar-refractivity contribution in [3.8, 4) is 12.3 Å². The van der Waals surface area contributed by atoms with Crippen LogP contribution in [0.3, 0.4) is 0 Å². The van der Waals surface area contributed by atoms with E-state index in [4.69, 9.17) is 11.5 Å². The molecule has 0 heterocycles. The number of amides is 3. The van der Waals surface area contributed by atoms with E-state index in [9.17, 15) is 14.4 Å². The number of carboxylic acids is 1. The van der Waals surface area contributed by atoms with Crippen molar-refractivity contribution in [3.63, 3.8) is 0 Å². The molecule has 0 aromatic heterocycles. The molecule has 0 radical (unpaired) electrons. The van der Waals surface area contributed by atoms with Gasteiger partial charge in [-0.05, 0) is 6.42 Å². The maximum atomic E-state index is 11.5. The normalized spacial score (nSPS) is 9.11. The Morgan fingerprint density at radius 2 is 2.00 bits per heavy atom. The van der Waals surface area contributed by atoms with E-state index in [1.807, 2.05) is 6.92 Å². The molecule has 100 valence electrons. The standard InChI is InChI=1S/C11H17N3O4/c1-3-5-12-9(15)7-13-11(18)14(6-4-2)8-10(16)17/h2H,3,5-8H2,1H3,(H,12,15)(H,13,18)(H,16,17). The van der Waals surface area contributed by atoms with Gasteiger partial charge in [0.1, 0.15) is 6.54 Å². The number of rotatable bonds is 7. The van der Waals surface area contributed by atoms with E-state index < -0.39 is 18.5 Å². The molecule has 0 saturated heterocycles. The summed E-state index contributed by atoms with van der Waals surface area (Å²) in [6.45, 7) is 1.58. The summed E-state index contributed by atoms with van der Waals surface area (Å²) in [5, 5.41) is 13.5. The van der Waals surface area contributed by atoms with E-state index in [0.29, 0.717) is 6.54 Å². The van der Waals surface area contributed by atoms with Gasteiger partial charge in [-0.25, -0.2) is 4.79 Å². The third-order valence-corrected chi connectivity index (χ3v) is 1.87. The smallest absolute Gasteiger partial charge is 0.323 e. The van der Waals surface area contributed by atoms with E-state index in [-0.39, 0.29) is 19.0 Å². The fourth-order valence-electron chi connectivity index (χ4n) is 1.07. The molecular formula is C11H17N3O4. The van der Waals surface area contributed by atoms with Gasteiger partial charge in [-0.1, -0.05) is 12.8 Å². The van der Waals surface area contributed by atoms with Crippen molar-refractivity contribution in [2.24, 2.45) is 0 Å². The van der Waals surface area contributed by atoms with Crippen LogP contribution in [-0.2, 0) is 9.59 Å². The second-order valence-corrected chi connectivity index (χ2v) is 3.46. The molecule has 0 aliphatic heterocycles. The molecule has 18 heavy (non-hydrogen) atoms. The maximum Gasteiger partial charge on any atom is 0.323 e. The average molecular weight is 255 g/mol. The topological polar surface area (TPSA) is 98.7 Å². The Morgan fingerprint density at radius 3 is 2.50 bits per heavy atom. The maximum absolute atomic E-state index is 11.5. The number of carbonyl (C=O) groups is 3. The summed E-state index contributed by atoms with van der Waals surface area (Å²) in [5.74, 6) is 0.674. The summed E-state index contributed by atoms with van der Waals surface area (Å²) in [6.07, 6.45) is 5.81. The number of carboxylic acid groups (broad SMARTS) is 1. The first-order valence-electron chi connectivity index (χ1n) is 5.46. The number of hydrogen-bond acceptors (Lipinski definition) is 3. The summed E-state index contributed by atoms with van der Waals surface area (Å²) >= 11 is 0. The van der Waals surface area contributed by atoms with Crippen molar-refractivity contribution < 1.29 is 19.5 Å². The van der Waals surface area contributed by atoms with Crippen molar-refractivity contribution in [2.45, 2.75) is 13.3 Å². The molecule has 0 aromatic rings. The Labute approximate surface area is 106 Å². The van der Waals surface area contributed by atoms with Gasteiger partial charge < -0.3 is 20.6 Å². The van der Waals surface area contributed by atoms with E-state index >= 15 is 0 Å². The van der Waals surface area contributed by atoms with Gasteiger partial charge in [-0.3, -0.25) is 9.59 Å². The zero-order valence-electron chi connectivity index (χ0n) is 10.2. The molecule has 3 amide bonds. The number of aliphatic carboxylic acids is 1. The summed E-state index contributed by atoms with van der Waals surface area (Å²) in [7, 11) is 0. The Morgan fingerprint density at radius 1 is 1.33 bits per heavy atom. The molecule has 0 fully saturated rings. The molecule has 0 atom stereocenters.